The molecule has 0 aliphatic heterocycles. The van der Waals surface area contributed by atoms with E-state index in [2.05, 4.69) is 25.7 Å². The maximum absolute atomic E-state index is 12.5. The van der Waals surface area contributed by atoms with Crippen molar-refractivity contribution < 1.29 is 23.8 Å². The number of carbonyl (C=O) groups is 2. The van der Waals surface area contributed by atoms with Gasteiger partial charge in [0.05, 0.1) is 20.8 Å². The third-order valence-electron chi connectivity index (χ3n) is 5.67. The van der Waals surface area contributed by atoms with Crippen molar-refractivity contribution in [3.63, 3.8) is 0 Å². The molecule has 0 saturated carbocycles. The minimum atomic E-state index is -0.587. The van der Waals surface area contributed by atoms with E-state index in [0.717, 1.165) is 22.5 Å². The van der Waals surface area contributed by atoms with Gasteiger partial charge < -0.3 is 24.8 Å². The van der Waals surface area contributed by atoms with Gasteiger partial charge in [0.1, 0.15) is 5.60 Å². The van der Waals surface area contributed by atoms with E-state index in [0.29, 0.717) is 48.9 Å². The molecule has 37 heavy (non-hydrogen) atoms. The zero-order valence-corrected chi connectivity index (χ0v) is 22.6. The Hall–Kier alpha value is -3.89. The summed E-state index contributed by atoms with van der Waals surface area (Å²) in [5, 5.41) is 10.1. The first-order valence-corrected chi connectivity index (χ1v) is 12.2. The molecule has 2 heterocycles. The standard InChI is InChI=1S/C26H36N6O5/c1-16-19(9-11-23(33)27-13-12-18-8-10-20(35-6)21(14-18)36-7)17(2)32-24(29-16)30-22(31-32)15-28-25(34)37-26(3,4)5/h8,10,14H,9,11-13,15H2,1-7H3,(H,27,33)(H,28,34). The zero-order valence-electron chi connectivity index (χ0n) is 22.6. The van der Waals surface area contributed by atoms with Crippen molar-refractivity contribution in [2.45, 2.75) is 66.0 Å². The Morgan fingerprint density at radius 3 is 2.41 bits per heavy atom. The van der Waals surface area contributed by atoms with Crippen molar-refractivity contribution in [3.05, 3.63) is 46.5 Å². The van der Waals surface area contributed by atoms with Crippen LogP contribution in [0.25, 0.3) is 5.78 Å². The molecular formula is C26H36N6O5. The molecule has 0 saturated heterocycles. The van der Waals surface area contributed by atoms with Crippen LogP contribution in [-0.4, -0.2) is 57.9 Å². The van der Waals surface area contributed by atoms with Gasteiger partial charge in [-0.1, -0.05) is 6.07 Å². The van der Waals surface area contributed by atoms with Crippen LogP contribution in [0.1, 0.15) is 55.5 Å². The van der Waals surface area contributed by atoms with E-state index in [1.807, 2.05) is 32.0 Å². The van der Waals surface area contributed by atoms with Crippen molar-refractivity contribution in [1.29, 1.82) is 0 Å². The maximum Gasteiger partial charge on any atom is 0.408 e. The minimum absolute atomic E-state index is 0.0415. The number of aryl methyl sites for hydroxylation is 2. The molecule has 0 atom stereocenters. The monoisotopic (exact) mass is 512 g/mol. The van der Waals surface area contributed by atoms with Crippen LogP contribution in [0.5, 0.6) is 11.5 Å². The van der Waals surface area contributed by atoms with Gasteiger partial charge in [0.15, 0.2) is 17.3 Å². The lowest BCUT2D eigenvalue weighted by Crippen LogP contribution is -2.32. The molecule has 200 valence electrons. The van der Waals surface area contributed by atoms with Gasteiger partial charge >= 0.3 is 6.09 Å². The van der Waals surface area contributed by atoms with Crippen LogP contribution in [0.15, 0.2) is 18.2 Å². The molecule has 3 aromatic rings. The number of nitrogens with zero attached hydrogens (tertiary/aromatic N) is 4. The van der Waals surface area contributed by atoms with Crippen molar-refractivity contribution >= 4 is 17.8 Å². The van der Waals surface area contributed by atoms with Crippen molar-refractivity contribution in [1.82, 2.24) is 30.2 Å². The first kappa shape index (κ1) is 27.7. The number of hydrogen-bond donors (Lipinski definition) is 2. The number of ether oxygens (including phenoxy) is 3. The predicted molar refractivity (Wildman–Crippen MR) is 138 cm³/mol. The van der Waals surface area contributed by atoms with Gasteiger partial charge in [0, 0.05) is 24.4 Å². The molecule has 0 aliphatic carbocycles. The van der Waals surface area contributed by atoms with E-state index < -0.39 is 11.7 Å². The van der Waals surface area contributed by atoms with E-state index in [-0.39, 0.29) is 12.5 Å². The van der Waals surface area contributed by atoms with E-state index in [4.69, 9.17) is 14.2 Å². The summed E-state index contributed by atoms with van der Waals surface area (Å²) in [6, 6.07) is 5.72. The lowest BCUT2D eigenvalue weighted by atomic mass is 10.1. The van der Waals surface area contributed by atoms with Crippen LogP contribution in [0.3, 0.4) is 0 Å². The molecule has 11 nitrogen and oxygen atoms in total. The number of amides is 2. The van der Waals surface area contributed by atoms with E-state index in [1.54, 1.807) is 39.5 Å². The number of methoxy groups -OCH3 is 2. The zero-order chi connectivity index (χ0) is 27.2. The average Bonchev–Trinajstić information content (AvgIpc) is 3.24. The number of benzene rings is 1. The van der Waals surface area contributed by atoms with Gasteiger partial charge in [-0.3, -0.25) is 4.79 Å². The fourth-order valence-corrected chi connectivity index (χ4v) is 3.86. The third kappa shape index (κ3) is 7.55. The van der Waals surface area contributed by atoms with Gasteiger partial charge in [-0.25, -0.2) is 14.3 Å². The quantitative estimate of drug-likeness (QED) is 0.424. The Labute approximate surface area is 216 Å². The largest absolute Gasteiger partial charge is 0.493 e. The lowest BCUT2D eigenvalue weighted by molar-refractivity contribution is -0.121. The fraction of sp³-hybridized carbons (Fsp3) is 0.500. The Morgan fingerprint density at radius 2 is 1.73 bits per heavy atom. The Kier molecular flexibility index (Phi) is 8.90. The van der Waals surface area contributed by atoms with Gasteiger partial charge in [0.2, 0.25) is 5.91 Å². The van der Waals surface area contributed by atoms with Crippen molar-refractivity contribution in [2.75, 3.05) is 20.8 Å². The van der Waals surface area contributed by atoms with Crippen LogP contribution in [0, 0.1) is 13.8 Å². The highest BCUT2D eigenvalue weighted by molar-refractivity contribution is 5.76. The number of carbonyl (C=O) groups excluding carboxylic acids is 2. The number of fused-ring (bicyclic) bond motifs is 1. The van der Waals surface area contributed by atoms with E-state index in [9.17, 15) is 9.59 Å². The highest BCUT2D eigenvalue weighted by Gasteiger charge is 2.18. The summed E-state index contributed by atoms with van der Waals surface area (Å²) in [5.74, 6) is 2.16. The van der Waals surface area contributed by atoms with Crippen molar-refractivity contribution in [2.24, 2.45) is 0 Å². The number of rotatable bonds is 10. The molecule has 0 unspecified atom stereocenters. The topological polar surface area (TPSA) is 129 Å². The molecular weight excluding hydrogens is 476 g/mol. The second-order valence-corrected chi connectivity index (χ2v) is 9.65. The summed E-state index contributed by atoms with van der Waals surface area (Å²) < 4.78 is 17.5. The highest BCUT2D eigenvalue weighted by Crippen LogP contribution is 2.27. The number of alkyl carbamates (subject to hydrolysis) is 1. The number of aromatic nitrogens is 4. The number of nitrogens with one attached hydrogen (secondary N) is 2. The highest BCUT2D eigenvalue weighted by atomic mass is 16.6. The second kappa shape index (κ2) is 11.9. The van der Waals surface area contributed by atoms with Crippen LogP contribution in [0.4, 0.5) is 4.79 Å². The van der Waals surface area contributed by atoms with Gasteiger partial charge in [0.25, 0.3) is 5.78 Å². The predicted octanol–water partition coefficient (Wildman–Crippen LogP) is 3.07. The number of hydrogen-bond acceptors (Lipinski definition) is 8. The van der Waals surface area contributed by atoms with Crippen LogP contribution in [-0.2, 0) is 28.9 Å². The minimum Gasteiger partial charge on any atom is -0.493 e. The first-order chi connectivity index (χ1) is 17.5. The van der Waals surface area contributed by atoms with Crippen molar-refractivity contribution in [3.8, 4) is 11.5 Å². The summed E-state index contributed by atoms with van der Waals surface area (Å²) in [6.45, 7) is 9.84. The summed E-state index contributed by atoms with van der Waals surface area (Å²) >= 11 is 0. The summed E-state index contributed by atoms with van der Waals surface area (Å²) in [5.41, 5.74) is 3.05. The molecule has 0 spiro atoms. The summed E-state index contributed by atoms with van der Waals surface area (Å²) in [4.78, 5) is 33.4. The van der Waals surface area contributed by atoms with Crippen LogP contribution >= 0.6 is 0 Å². The molecule has 0 radical (unpaired) electrons. The Morgan fingerprint density at radius 1 is 1.00 bits per heavy atom. The molecule has 11 heteroatoms. The van der Waals surface area contributed by atoms with Crippen LogP contribution < -0.4 is 20.1 Å². The van der Waals surface area contributed by atoms with Crippen LogP contribution in [0.2, 0.25) is 0 Å². The Balaban J connectivity index is 1.56. The smallest absolute Gasteiger partial charge is 0.408 e. The fourth-order valence-electron chi connectivity index (χ4n) is 3.86. The molecule has 3 rings (SSSR count). The molecule has 0 fully saturated rings. The van der Waals surface area contributed by atoms with Gasteiger partial charge in [-0.2, -0.15) is 4.98 Å². The van der Waals surface area contributed by atoms with Gasteiger partial charge in [-0.05, 0) is 70.7 Å². The molecule has 0 bridgehead atoms. The molecule has 1 aromatic carbocycles. The third-order valence-corrected chi connectivity index (χ3v) is 5.67. The summed E-state index contributed by atoms with van der Waals surface area (Å²) in [7, 11) is 3.20. The lowest BCUT2D eigenvalue weighted by Gasteiger charge is -2.19. The Bertz CT molecular complexity index is 1260. The van der Waals surface area contributed by atoms with E-state index >= 15 is 0 Å². The van der Waals surface area contributed by atoms with E-state index in [1.165, 1.54) is 0 Å². The molecule has 2 N–H and O–H groups in total. The average molecular weight is 513 g/mol. The summed E-state index contributed by atoms with van der Waals surface area (Å²) in [6.07, 6.45) is 0.984. The normalized spacial score (nSPS) is 11.3. The second-order valence-electron chi connectivity index (χ2n) is 9.65. The first-order valence-electron chi connectivity index (χ1n) is 12.2. The maximum atomic E-state index is 12.5. The SMILES string of the molecule is COc1ccc(CCNC(=O)CCc2c(C)nc3nc(CNC(=O)OC(C)(C)C)nn3c2C)cc1OC. The molecule has 2 aromatic heterocycles. The molecule has 0 aliphatic rings. The molecule has 2 amide bonds. The van der Waals surface area contributed by atoms with Gasteiger partial charge in [-0.15, -0.1) is 5.10 Å².